The van der Waals surface area contributed by atoms with Crippen LogP contribution >= 0.6 is 0 Å². The fourth-order valence-corrected chi connectivity index (χ4v) is 1.89. The third-order valence-electron chi connectivity index (χ3n) is 2.64. The Balaban J connectivity index is 0. The Labute approximate surface area is 147 Å². The van der Waals surface area contributed by atoms with Crippen LogP contribution in [0.5, 0.6) is 0 Å². The van der Waals surface area contributed by atoms with Crippen molar-refractivity contribution in [1.29, 1.82) is 0 Å². The second-order valence-corrected chi connectivity index (χ2v) is 4.50. The van der Waals surface area contributed by atoms with E-state index in [1.807, 2.05) is 0 Å². The van der Waals surface area contributed by atoms with Gasteiger partial charge in [0.2, 0.25) is 0 Å². The molecule has 94 valence electrons. The number of thiol groups is 1. The first kappa shape index (κ1) is 20.1. The fourth-order valence-electron chi connectivity index (χ4n) is 1.69. The van der Waals surface area contributed by atoms with Gasteiger partial charge in [0.05, 0.1) is 6.61 Å². The number of unbranched alkanes of at least 4 members (excludes halogenated alkanes) is 9. The standard InChI is InChI=1S/C12H26O2S.K.H/c1-2-3-4-5-6-7-8-9-10-11-12-14-15-13;;/h15H,2-12H2,1H3;;. The Morgan fingerprint density at radius 3 is 1.69 bits per heavy atom. The number of hydrogen-bond acceptors (Lipinski definition) is 2. The Morgan fingerprint density at radius 2 is 1.25 bits per heavy atom. The van der Waals surface area contributed by atoms with Crippen molar-refractivity contribution < 1.29 is 8.39 Å². The molecule has 0 aliphatic carbocycles. The SMILES string of the molecule is CCCCCCCCCCCCO[SH]=O.[KH]. The van der Waals surface area contributed by atoms with Crippen LogP contribution in [0, 0.1) is 0 Å². The van der Waals surface area contributed by atoms with Gasteiger partial charge in [0, 0.05) is 0 Å². The van der Waals surface area contributed by atoms with Crippen molar-refractivity contribution in [3.05, 3.63) is 0 Å². The molecule has 0 heterocycles. The van der Waals surface area contributed by atoms with E-state index in [1.165, 1.54) is 57.8 Å². The molecule has 2 nitrogen and oxygen atoms in total. The van der Waals surface area contributed by atoms with Gasteiger partial charge in [-0.2, -0.15) is 0 Å². The zero-order valence-electron chi connectivity index (χ0n) is 10.0. The van der Waals surface area contributed by atoms with Crippen LogP contribution in [-0.2, 0) is 16.1 Å². The molecule has 0 saturated heterocycles. The molecule has 0 aliphatic heterocycles. The van der Waals surface area contributed by atoms with Crippen LogP contribution in [0.1, 0.15) is 71.1 Å². The van der Waals surface area contributed by atoms with E-state index in [0.717, 1.165) is 6.42 Å². The first-order valence-corrected chi connectivity index (χ1v) is 7.09. The molecule has 0 spiro atoms. The molecule has 0 N–H and O–H groups in total. The van der Waals surface area contributed by atoms with Crippen LogP contribution in [0.2, 0.25) is 0 Å². The van der Waals surface area contributed by atoms with Gasteiger partial charge in [0.25, 0.3) is 0 Å². The number of hydrogen-bond donors (Lipinski definition) is 1. The molecule has 0 unspecified atom stereocenters. The third kappa shape index (κ3) is 18.1. The third-order valence-corrected chi connectivity index (χ3v) is 2.93. The minimum absolute atomic E-state index is 0. The van der Waals surface area contributed by atoms with E-state index in [1.54, 1.807) is 0 Å². The molecule has 0 saturated carbocycles. The van der Waals surface area contributed by atoms with Crippen LogP contribution < -0.4 is 0 Å². The van der Waals surface area contributed by atoms with E-state index in [0.29, 0.717) is 6.61 Å². The van der Waals surface area contributed by atoms with Crippen molar-refractivity contribution in [2.45, 2.75) is 71.1 Å². The summed E-state index contributed by atoms with van der Waals surface area (Å²) in [5.74, 6) is 0. The normalized spacial score (nSPS) is 10.1. The first-order valence-electron chi connectivity index (χ1n) is 6.36. The Morgan fingerprint density at radius 1 is 0.812 bits per heavy atom. The number of rotatable bonds is 12. The molecule has 0 aromatic carbocycles. The monoisotopic (exact) mass is 274 g/mol. The predicted octanol–water partition coefficient (Wildman–Crippen LogP) is 3.14. The van der Waals surface area contributed by atoms with Gasteiger partial charge >= 0.3 is 51.4 Å². The summed E-state index contributed by atoms with van der Waals surface area (Å²) in [6.45, 7) is 2.89. The summed E-state index contributed by atoms with van der Waals surface area (Å²) >= 11 is -0.175. The quantitative estimate of drug-likeness (QED) is 0.336. The maximum atomic E-state index is 9.94. The molecule has 0 atom stereocenters. The van der Waals surface area contributed by atoms with Crippen LogP contribution in [0.15, 0.2) is 0 Å². The molecule has 0 rings (SSSR count). The second-order valence-electron chi connectivity index (χ2n) is 4.09. The van der Waals surface area contributed by atoms with Gasteiger partial charge < -0.3 is 0 Å². The van der Waals surface area contributed by atoms with Gasteiger partial charge in [-0.15, -0.1) is 0 Å². The molecule has 0 radical (unpaired) electrons. The van der Waals surface area contributed by atoms with E-state index in [9.17, 15) is 4.21 Å². The van der Waals surface area contributed by atoms with Crippen molar-refractivity contribution in [2.24, 2.45) is 0 Å². The van der Waals surface area contributed by atoms with E-state index in [4.69, 9.17) is 4.18 Å². The van der Waals surface area contributed by atoms with E-state index in [-0.39, 0.29) is 63.3 Å². The average Bonchev–Trinajstić information content (AvgIpc) is 2.26. The molecule has 0 bridgehead atoms. The van der Waals surface area contributed by atoms with Crippen LogP contribution in [0.25, 0.3) is 0 Å². The summed E-state index contributed by atoms with van der Waals surface area (Å²) in [5, 5.41) is 0. The van der Waals surface area contributed by atoms with Crippen LogP contribution in [-0.4, -0.2) is 62.2 Å². The Kier molecular flexibility index (Phi) is 24.0. The minimum atomic E-state index is -0.175. The summed E-state index contributed by atoms with van der Waals surface area (Å²) in [5.41, 5.74) is 0. The molecule has 0 aromatic rings. The van der Waals surface area contributed by atoms with Gasteiger partial charge in [-0.05, 0) is 6.42 Å². The molecular weight excluding hydrogens is 247 g/mol. The molecule has 0 amide bonds. The molecular formula is C12H27KO2S. The topological polar surface area (TPSA) is 26.3 Å². The molecule has 0 aliphatic rings. The summed E-state index contributed by atoms with van der Waals surface area (Å²) in [7, 11) is 0. The summed E-state index contributed by atoms with van der Waals surface area (Å²) in [4.78, 5) is 0. The Bertz CT molecular complexity index is 134. The van der Waals surface area contributed by atoms with E-state index < -0.39 is 0 Å². The van der Waals surface area contributed by atoms with Crippen molar-refractivity contribution >= 4 is 63.3 Å². The maximum absolute atomic E-state index is 9.94. The van der Waals surface area contributed by atoms with Crippen LogP contribution in [0.4, 0.5) is 0 Å². The molecule has 4 heteroatoms. The van der Waals surface area contributed by atoms with E-state index >= 15 is 0 Å². The summed E-state index contributed by atoms with van der Waals surface area (Å²) in [6, 6.07) is 0. The van der Waals surface area contributed by atoms with Gasteiger partial charge in [-0.25, -0.2) is 4.21 Å². The van der Waals surface area contributed by atoms with Gasteiger partial charge in [-0.3, -0.25) is 4.18 Å². The van der Waals surface area contributed by atoms with Crippen molar-refractivity contribution in [1.82, 2.24) is 0 Å². The average molecular weight is 275 g/mol. The zero-order valence-corrected chi connectivity index (χ0v) is 10.9. The van der Waals surface area contributed by atoms with Crippen molar-refractivity contribution in [3.8, 4) is 0 Å². The molecule has 16 heavy (non-hydrogen) atoms. The van der Waals surface area contributed by atoms with Gasteiger partial charge in [0.15, 0.2) is 0 Å². The zero-order chi connectivity index (χ0) is 11.2. The Hall–Kier alpha value is 1.75. The second kappa shape index (κ2) is 19.1. The molecule has 0 fully saturated rings. The predicted molar refractivity (Wildman–Crippen MR) is 74.5 cm³/mol. The molecule has 0 aromatic heterocycles. The summed E-state index contributed by atoms with van der Waals surface area (Å²) < 4.78 is 14.7. The fraction of sp³-hybridized carbons (Fsp3) is 1.00. The van der Waals surface area contributed by atoms with Gasteiger partial charge in [0.1, 0.15) is 11.9 Å². The van der Waals surface area contributed by atoms with Gasteiger partial charge in [-0.1, -0.05) is 64.7 Å². The van der Waals surface area contributed by atoms with Crippen molar-refractivity contribution in [3.63, 3.8) is 0 Å². The first-order chi connectivity index (χ1) is 7.41. The van der Waals surface area contributed by atoms with E-state index in [2.05, 4.69) is 6.92 Å². The summed E-state index contributed by atoms with van der Waals surface area (Å²) in [6.07, 6.45) is 13.2. The van der Waals surface area contributed by atoms with Crippen molar-refractivity contribution in [2.75, 3.05) is 6.61 Å². The van der Waals surface area contributed by atoms with Crippen LogP contribution in [0.3, 0.4) is 0 Å².